The maximum absolute atomic E-state index is 14.9. The van der Waals surface area contributed by atoms with Gasteiger partial charge in [-0.2, -0.15) is 0 Å². The van der Waals surface area contributed by atoms with E-state index in [0.29, 0.717) is 0 Å². The predicted molar refractivity (Wildman–Crippen MR) is 97.7 cm³/mol. The molecule has 10 heteroatoms. The molecule has 1 saturated heterocycles. The molecule has 0 spiro atoms. The fraction of sp³-hybridized carbons (Fsp3) is 0.688. The number of H-pyrrole nitrogens is 1. The highest BCUT2D eigenvalue weighted by Gasteiger charge is 2.46. The van der Waals surface area contributed by atoms with Gasteiger partial charge in [0.05, 0.1) is 6.61 Å². The zero-order valence-electron chi connectivity index (χ0n) is 15.9. The molecule has 0 bridgehead atoms. The zero-order chi connectivity index (χ0) is 19.7. The van der Waals surface area contributed by atoms with E-state index < -0.39 is 38.1 Å². The van der Waals surface area contributed by atoms with Crippen molar-refractivity contribution in [2.75, 3.05) is 13.7 Å². The van der Waals surface area contributed by atoms with Gasteiger partial charge in [0.1, 0.15) is 18.9 Å². The molecular weight excluding hydrogens is 361 g/mol. The van der Waals surface area contributed by atoms with Crippen LogP contribution in [0.3, 0.4) is 0 Å². The van der Waals surface area contributed by atoms with Crippen LogP contribution in [-0.2, 0) is 14.0 Å². The van der Waals surface area contributed by atoms with Crippen LogP contribution >= 0.6 is 0 Å². The van der Waals surface area contributed by atoms with Crippen LogP contribution in [0.1, 0.15) is 27.0 Å². The molecule has 1 N–H and O–H groups in total. The van der Waals surface area contributed by atoms with Crippen molar-refractivity contribution < 1.29 is 18.4 Å². The number of ether oxygens (including phenoxy) is 1. The van der Waals surface area contributed by atoms with Crippen LogP contribution in [0.15, 0.2) is 27.0 Å². The van der Waals surface area contributed by atoms with Gasteiger partial charge in [-0.3, -0.25) is 14.3 Å². The van der Waals surface area contributed by atoms with Gasteiger partial charge in [-0.15, -0.1) is 0 Å². The molecule has 1 aromatic rings. The molecule has 1 aliphatic rings. The fourth-order valence-electron chi connectivity index (χ4n) is 2.30. The van der Waals surface area contributed by atoms with Crippen molar-refractivity contribution in [3.8, 4) is 0 Å². The van der Waals surface area contributed by atoms with Crippen molar-refractivity contribution in [3.05, 3.63) is 33.1 Å². The van der Waals surface area contributed by atoms with Crippen LogP contribution in [0.2, 0.25) is 18.1 Å². The fourth-order valence-corrected chi connectivity index (χ4v) is 3.31. The van der Waals surface area contributed by atoms with Gasteiger partial charge < -0.3 is 14.0 Å². The highest BCUT2D eigenvalue weighted by molar-refractivity contribution is 6.74. The molecule has 0 unspecified atom stereocenters. The number of nitrogens with one attached hydrogen (secondary N) is 1. The monoisotopic (exact) mass is 387 g/mol. The molecule has 1 aromatic heterocycles. The molecule has 0 radical (unpaired) electrons. The van der Waals surface area contributed by atoms with E-state index in [9.17, 15) is 14.0 Å². The lowest BCUT2D eigenvalue weighted by Gasteiger charge is -2.36. The molecule has 1 fully saturated rings. The third-order valence-corrected chi connectivity index (χ3v) is 9.39. The van der Waals surface area contributed by atoms with Gasteiger partial charge in [-0.25, -0.2) is 9.18 Å². The summed E-state index contributed by atoms with van der Waals surface area (Å²) in [5.74, 6) is 0. The Morgan fingerprint density at radius 2 is 2.04 bits per heavy atom. The van der Waals surface area contributed by atoms with Gasteiger partial charge in [0.25, 0.3) is 5.56 Å². The topological polar surface area (TPSA) is 94.9 Å². The van der Waals surface area contributed by atoms with Crippen molar-refractivity contribution >= 4 is 14.0 Å². The number of hydrogen-bond donors (Lipinski definition) is 1. The Hall–Kier alpha value is -1.78. The van der Waals surface area contributed by atoms with Crippen molar-refractivity contribution in [2.45, 2.75) is 57.4 Å². The van der Waals surface area contributed by atoms with Gasteiger partial charge in [0.2, 0.25) is 0 Å². The summed E-state index contributed by atoms with van der Waals surface area (Å²) in [4.78, 5) is 30.0. The average molecular weight is 387 g/mol. The van der Waals surface area contributed by atoms with Crippen molar-refractivity contribution in [3.63, 3.8) is 0 Å². The van der Waals surface area contributed by atoms with Crippen molar-refractivity contribution in [2.24, 2.45) is 5.16 Å². The summed E-state index contributed by atoms with van der Waals surface area (Å²) in [6.45, 7) is 10.5. The van der Waals surface area contributed by atoms with Crippen LogP contribution in [0.5, 0.6) is 0 Å². The summed E-state index contributed by atoms with van der Waals surface area (Å²) in [5, 5.41) is 3.72. The first-order valence-electron chi connectivity index (χ1n) is 8.34. The average Bonchev–Trinajstić information content (AvgIpc) is 2.82. The van der Waals surface area contributed by atoms with Crippen LogP contribution < -0.4 is 11.2 Å². The number of oxime groups is 1. The molecule has 0 aromatic carbocycles. The molecule has 0 aliphatic carbocycles. The molecule has 8 nitrogen and oxygen atoms in total. The summed E-state index contributed by atoms with van der Waals surface area (Å²) in [6.07, 6.45) is -2.55. The van der Waals surface area contributed by atoms with E-state index in [4.69, 9.17) is 14.0 Å². The lowest BCUT2D eigenvalue weighted by atomic mass is 10.2. The smallest absolute Gasteiger partial charge is 0.330 e. The van der Waals surface area contributed by atoms with E-state index in [2.05, 4.69) is 44.0 Å². The van der Waals surface area contributed by atoms with Gasteiger partial charge in [-0.05, 0) is 18.1 Å². The van der Waals surface area contributed by atoms with E-state index in [-0.39, 0.29) is 17.4 Å². The Morgan fingerprint density at radius 1 is 1.38 bits per heavy atom. The summed E-state index contributed by atoms with van der Waals surface area (Å²) < 4.78 is 27.7. The maximum atomic E-state index is 14.9. The van der Waals surface area contributed by atoms with Gasteiger partial charge in [0.15, 0.2) is 20.7 Å². The van der Waals surface area contributed by atoms with Gasteiger partial charge in [0, 0.05) is 12.3 Å². The molecule has 0 saturated carbocycles. The molecule has 3 atom stereocenters. The molecule has 0 amide bonds. The van der Waals surface area contributed by atoms with Gasteiger partial charge >= 0.3 is 5.69 Å². The molecule has 26 heavy (non-hydrogen) atoms. The molecule has 1 aliphatic heterocycles. The summed E-state index contributed by atoms with van der Waals surface area (Å²) in [6, 6.07) is 1.13. The Balaban J connectivity index is 2.26. The van der Waals surface area contributed by atoms with Crippen molar-refractivity contribution in [1.82, 2.24) is 9.55 Å². The molecular formula is C16H26FN3O5Si. The Morgan fingerprint density at radius 3 is 2.58 bits per heavy atom. The number of rotatable bonds is 5. The molecule has 146 valence electrons. The second-order valence-electron chi connectivity index (χ2n) is 7.70. The van der Waals surface area contributed by atoms with Crippen LogP contribution in [0, 0.1) is 0 Å². The third-order valence-electron chi connectivity index (χ3n) is 4.89. The minimum atomic E-state index is -2.08. The van der Waals surface area contributed by atoms with Crippen LogP contribution in [-0.4, -0.2) is 49.6 Å². The number of alkyl halides is 1. The van der Waals surface area contributed by atoms with E-state index in [1.54, 1.807) is 0 Å². The van der Waals surface area contributed by atoms with E-state index >= 15 is 0 Å². The van der Waals surface area contributed by atoms with Crippen LogP contribution in [0.25, 0.3) is 0 Å². The second-order valence-corrected chi connectivity index (χ2v) is 12.5. The number of nitrogens with zero attached hydrogens (tertiary/aromatic N) is 2. The Bertz CT molecular complexity index is 783. The first-order chi connectivity index (χ1) is 12.0. The summed E-state index contributed by atoms with van der Waals surface area (Å²) in [7, 11) is -0.770. The number of aromatic amines is 1. The Kier molecular flexibility index (Phi) is 5.88. The number of aromatic nitrogens is 2. The van der Waals surface area contributed by atoms with Gasteiger partial charge in [-0.1, -0.05) is 25.9 Å². The van der Waals surface area contributed by atoms with Crippen molar-refractivity contribution in [1.29, 1.82) is 0 Å². The summed E-state index contributed by atoms with van der Waals surface area (Å²) in [5.41, 5.74) is -1.30. The zero-order valence-corrected chi connectivity index (χ0v) is 16.9. The van der Waals surface area contributed by atoms with E-state index in [0.717, 1.165) is 10.6 Å². The number of halogens is 1. The highest BCUT2D eigenvalue weighted by atomic mass is 28.4. The minimum absolute atomic E-state index is 0.0193. The minimum Gasteiger partial charge on any atom is -0.414 e. The first kappa shape index (κ1) is 20.5. The normalized spacial score (nSPS) is 25.7. The second kappa shape index (κ2) is 7.45. The summed E-state index contributed by atoms with van der Waals surface area (Å²) >= 11 is 0. The predicted octanol–water partition coefficient (Wildman–Crippen LogP) is 1.80. The molecule has 2 heterocycles. The molecule has 2 rings (SSSR count). The SMILES string of the molecule is CO/N=C1/[C@@H](F)[C@H](n2ccc(=O)[nH]c2=O)O[C@@H]1CO[Si](C)(C)C(C)(C)C. The van der Waals surface area contributed by atoms with E-state index in [1.807, 2.05) is 0 Å². The van der Waals surface area contributed by atoms with Crippen LogP contribution in [0.4, 0.5) is 4.39 Å². The number of hydrogen-bond acceptors (Lipinski definition) is 6. The maximum Gasteiger partial charge on any atom is 0.330 e. The third kappa shape index (κ3) is 4.13. The lowest BCUT2D eigenvalue weighted by Crippen LogP contribution is -2.43. The first-order valence-corrected chi connectivity index (χ1v) is 11.2. The highest BCUT2D eigenvalue weighted by Crippen LogP contribution is 2.37. The largest absolute Gasteiger partial charge is 0.414 e. The van der Waals surface area contributed by atoms with E-state index in [1.165, 1.54) is 13.3 Å². The standard InChI is InChI=1S/C16H26FN3O5Si/c1-16(2,3)26(5,6)24-9-10-13(19-23-4)12(17)14(25-10)20-8-7-11(21)18-15(20)22/h7-8,10,12,14H,9H2,1-6H3,(H,18,21,22)/b19-13+/t10-,12-,14-/m1/s1. The lowest BCUT2D eigenvalue weighted by molar-refractivity contribution is -0.0347. The quantitative estimate of drug-likeness (QED) is 0.614. The Labute approximate surface area is 152 Å².